The Morgan fingerprint density at radius 3 is 1.82 bits per heavy atom. The zero-order chi connectivity index (χ0) is 32.3. The van der Waals surface area contributed by atoms with Crippen LogP contribution in [-0.2, 0) is 0 Å². The van der Waals surface area contributed by atoms with Gasteiger partial charge < -0.3 is 13.7 Å². The monoisotopic (exact) mass is 627 g/mol. The minimum atomic E-state index is 0.866. The van der Waals surface area contributed by atoms with Gasteiger partial charge in [-0.3, -0.25) is 0 Å². The van der Waals surface area contributed by atoms with Crippen LogP contribution in [-0.4, -0.2) is 0 Å². The van der Waals surface area contributed by atoms with Gasteiger partial charge in [0.2, 0.25) is 0 Å². The number of rotatable bonds is 5. The Labute approximate surface area is 282 Å². The van der Waals surface area contributed by atoms with E-state index >= 15 is 0 Å². The van der Waals surface area contributed by atoms with Crippen LogP contribution in [0.25, 0.3) is 76.9 Å². The first-order chi connectivity index (χ1) is 24.3. The maximum atomic E-state index is 6.35. The van der Waals surface area contributed by atoms with Crippen molar-refractivity contribution < 1.29 is 8.83 Å². The molecule has 3 nitrogen and oxygen atoms in total. The molecule has 0 radical (unpaired) electrons. The molecule has 0 aliphatic heterocycles. The first-order valence-corrected chi connectivity index (χ1v) is 16.6. The Balaban J connectivity index is 1.14. The molecule has 0 saturated heterocycles. The number of nitrogens with zero attached hydrogens (tertiary/aromatic N) is 1. The average Bonchev–Trinajstić information content (AvgIpc) is 3.74. The topological polar surface area (TPSA) is 29.5 Å². The largest absolute Gasteiger partial charge is 0.456 e. The van der Waals surface area contributed by atoms with Crippen molar-refractivity contribution in [2.24, 2.45) is 0 Å². The normalized spacial score (nSPS) is 11.7. The molecule has 3 heteroatoms. The van der Waals surface area contributed by atoms with E-state index in [0.29, 0.717) is 0 Å². The summed E-state index contributed by atoms with van der Waals surface area (Å²) in [6.45, 7) is 0. The molecule has 8 aromatic carbocycles. The molecular weight excluding hydrogens is 599 g/mol. The highest BCUT2D eigenvalue weighted by Crippen LogP contribution is 2.44. The molecule has 0 spiro atoms. The quantitative estimate of drug-likeness (QED) is 0.190. The van der Waals surface area contributed by atoms with Gasteiger partial charge in [-0.1, -0.05) is 109 Å². The highest BCUT2D eigenvalue weighted by molar-refractivity contribution is 6.13. The third-order valence-electron chi connectivity index (χ3n) is 9.64. The molecule has 0 fully saturated rings. The van der Waals surface area contributed by atoms with Gasteiger partial charge in [0.25, 0.3) is 0 Å². The summed E-state index contributed by atoms with van der Waals surface area (Å²) >= 11 is 0. The fourth-order valence-electron chi connectivity index (χ4n) is 7.27. The van der Waals surface area contributed by atoms with Gasteiger partial charge in [0, 0.05) is 27.5 Å². The molecule has 230 valence electrons. The molecule has 0 atom stereocenters. The van der Waals surface area contributed by atoms with Gasteiger partial charge in [-0.2, -0.15) is 0 Å². The molecule has 2 aromatic heterocycles. The SMILES string of the molecule is c1cc(-c2ccc3oc4ccccc4c3c2)cc(N(c2ccc(-c3ccc4ccccc4c3)cc2)c2cccc3oc4ccccc4c23)c1. The Bertz CT molecular complexity index is 2840. The number of fused-ring (bicyclic) bond motifs is 7. The Morgan fingerprint density at radius 2 is 0.939 bits per heavy atom. The molecule has 49 heavy (non-hydrogen) atoms. The molecule has 0 aliphatic carbocycles. The lowest BCUT2D eigenvalue weighted by molar-refractivity contribution is 0.668. The predicted octanol–water partition coefficient (Wildman–Crippen LogP) is 13.4. The van der Waals surface area contributed by atoms with E-state index in [4.69, 9.17) is 8.83 Å². The smallest absolute Gasteiger partial charge is 0.137 e. The van der Waals surface area contributed by atoms with Crippen molar-refractivity contribution in [1.82, 2.24) is 0 Å². The molecule has 0 bridgehead atoms. The van der Waals surface area contributed by atoms with E-state index in [9.17, 15) is 0 Å². The first-order valence-electron chi connectivity index (χ1n) is 16.6. The van der Waals surface area contributed by atoms with E-state index in [1.807, 2.05) is 24.3 Å². The Kier molecular flexibility index (Phi) is 6.18. The third kappa shape index (κ3) is 4.59. The van der Waals surface area contributed by atoms with E-state index in [0.717, 1.165) is 72.1 Å². The molecule has 0 aliphatic rings. The van der Waals surface area contributed by atoms with Gasteiger partial charge in [0.15, 0.2) is 0 Å². The number of para-hydroxylation sites is 2. The number of hydrogen-bond acceptors (Lipinski definition) is 3. The van der Waals surface area contributed by atoms with Crippen molar-refractivity contribution in [2.45, 2.75) is 0 Å². The van der Waals surface area contributed by atoms with E-state index in [2.05, 4.69) is 157 Å². The maximum absolute atomic E-state index is 6.35. The van der Waals surface area contributed by atoms with Crippen LogP contribution in [0.2, 0.25) is 0 Å². The van der Waals surface area contributed by atoms with E-state index in [-0.39, 0.29) is 0 Å². The average molecular weight is 628 g/mol. The van der Waals surface area contributed by atoms with E-state index in [1.54, 1.807) is 0 Å². The molecule has 0 amide bonds. The Morgan fingerprint density at radius 1 is 0.327 bits per heavy atom. The van der Waals surface area contributed by atoms with Gasteiger partial charge in [-0.05, 0) is 99.8 Å². The lowest BCUT2D eigenvalue weighted by Gasteiger charge is -2.27. The van der Waals surface area contributed by atoms with Crippen LogP contribution >= 0.6 is 0 Å². The van der Waals surface area contributed by atoms with E-state index in [1.165, 1.54) is 21.9 Å². The standard InChI is InChI=1S/C46H29NO2/c1-2-10-32-27-34(20-19-30(32)9-1)31-21-24-36(25-22-31)47(41-15-8-18-45-46(41)39-14-4-6-17-43(39)49-45)37-12-7-11-33(28-37)35-23-26-44-40(29-35)38-13-3-5-16-42(38)48-44/h1-29H. The summed E-state index contributed by atoms with van der Waals surface area (Å²) in [6, 6.07) is 62.2. The summed E-state index contributed by atoms with van der Waals surface area (Å²) in [4.78, 5) is 2.35. The third-order valence-corrected chi connectivity index (χ3v) is 9.64. The highest BCUT2D eigenvalue weighted by atomic mass is 16.3. The summed E-state index contributed by atoms with van der Waals surface area (Å²) in [5.74, 6) is 0. The van der Waals surface area contributed by atoms with Crippen molar-refractivity contribution in [3.05, 3.63) is 176 Å². The number of anilines is 3. The Hall–Kier alpha value is -6.58. The number of hydrogen-bond donors (Lipinski definition) is 0. The maximum Gasteiger partial charge on any atom is 0.137 e. The van der Waals surface area contributed by atoms with Gasteiger partial charge >= 0.3 is 0 Å². The molecule has 0 N–H and O–H groups in total. The van der Waals surface area contributed by atoms with Gasteiger partial charge in [-0.25, -0.2) is 0 Å². The summed E-state index contributed by atoms with van der Waals surface area (Å²) in [5, 5.41) is 6.92. The van der Waals surface area contributed by atoms with Crippen molar-refractivity contribution in [3.63, 3.8) is 0 Å². The summed E-state index contributed by atoms with van der Waals surface area (Å²) in [6.07, 6.45) is 0. The second-order valence-corrected chi connectivity index (χ2v) is 12.6. The van der Waals surface area contributed by atoms with Crippen LogP contribution in [0.4, 0.5) is 17.1 Å². The van der Waals surface area contributed by atoms with Crippen LogP contribution < -0.4 is 4.90 Å². The van der Waals surface area contributed by atoms with Crippen molar-refractivity contribution >= 4 is 71.7 Å². The minimum Gasteiger partial charge on any atom is -0.456 e. The number of benzene rings is 8. The molecule has 2 heterocycles. The molecule has 10 rings (SSSR count). The zero-order valence-electron chi connectivity index (χ0n) is 26.5. The van der Waals surface area contributed by atoms with Crippen LogP contribution in [0, 0.1) is 0 Å². The van der Waals surface area contributed by atoms with Crippen LogP contribution in [0.3, 0.4) is 0 Å². The second kappa shape index (κ2) is 11.0. The fourth-order valence-corrected chi connectivity index (χ4v) is 7.27. The molecular formula is C46H29NO2. The van der Waals surface area contributed by atoms with Crippen LogP contribution in [0.1, 0.15) is 0 Å². The molecule has 10 aromatic rings. The highest BCUT2D eigenvalue weighted by Gasteiger charge is 2.20. The lowest BCUT2D eigenvalue weighted by Crippen LogP contribution is -2.10. The number of furan rings is 2. The van der Waals surface area contributed by atoms with Gasteiger partial charge in [0.05, 0.1) is 11.1 Å². The first kappa shape index (κ1) is 27.5. The zero-order valence-corrected chi connectivity index (χ0v) is 26.5. The summed E-state index contributed by atoms with van der Waals surface area (Å²) < 4.78 is 12.5. The predicted molar refractivity (Wildman–Crippen MR) is 204 cm³/mol. The molecule has 0 saturated carbocycles. The summed E-state index contributed by atoms with van der Waals surface area (Å²) in [5.41, 5.74) is 11.4. The van der Waals surface area contributed by atoms with Gasteiger partial charge in [0.1, 0.15) is 22.3 Å². The fraction of sp³-hybridized carbons (Fsp3) is 0. The van der Waals surface area contributed by atoms with E-state index < -0.39 is 0 Å². The molecule has 0 unspecified atom stereocenters. The minimum absolute atomic E-state index is 0.866. The lowest BCUT2D eigenvalue weighted by atomic mass is 10.00. The van der Waals surface area contributed by atoms with Crippen molar-refractivity contribution in [1.29, 1.82) is 0 Å². The second-order valence-electron chi connectivity index (χ2n) is 12.6. The summed E-state index contributed by atoms with van der Waals surface area (Å²) in [7, 11) is 0. The van der Waals surface area contributed by atoms with Gasteiger partial charge in [-0.15, -0.1) is 0 Å². The van der Waals surface area contributed by atoms with Crippen LogP contribution in [0.5, 0.6) is 0 Å². The van der Waals surface area contributed by atoms with Crippen molar-refractivity contribution in [3.8, 4) is 22.3 Å². The van der Waals surface area contributed by atoms with Crippen molar-refractivity contribution in [2.75, 3.05) is 4.90 Å². The van der Waals surface area contributed by atoms with Crippen LogP contribution in [0.15, 0.2) is 185 Å².